The van der Waals surface area contributed by atoms with Gasteiger partial charge in [-0.05, 0) is 5.56 Å². The van der Waals surface area contributed by atoms with Crippen molar-refractivity contribution in [3.63, 3.8) is 0 Å². The van der Waals surface area contributed by atoms with E-state index in [0.717, 1.165) is 4.57 Å². The first-order chi connectivity index (χ1) is 10.2. The highest BCUT2D eigenvalue weighted by atomic mass is 16.5. The van der Waals surface area contributed by atoms with Crippen molar-refractivity contribution in [2.24, 2.45) is 0 Å². The van der Waals surface area contributed by atoms with Gasteiger partial charge in [0.2, 0.25) is 5.88 Å². The monoisotopic (exact) mass is 285 g/mol. The van der Waals surface area contributed by atoms with Crippen molar-refractivity contribution >= 4 is 0 Å². The average Bonchev–Trinajstić information content (AvgIpc) is 2.97. The van der Waals surface area contributed by atoms with Crippen molar-refractivity contribution < 1.29 is 9.63 Å². The fourth-order valence-corrected chi connectivity index (χ4v) is 2.05. The van der Waals surface area contributed by atoms with Gasteiger partial charge in [0.1, 0.15) is 17.5 Å². The number of aromatic amines is 1. The molecule has 0 spiro atoms. The molecule has 0 radical (unpaired) electrons. The molecule has 0 aliphatic carbocycles. The van der Waals surface area contributed by atoms with Crippen molar-refractivity contribution in [2.45, 2.75) is 6.54 Å². The predicted molar refractivity (Wildman–Crippen MR) is 74.0 cm³/mol. The van der Waals surface area contributed by atoms with Gasteiger partial charge in [0, 0.05) is 6.07 Å². The van der Waals surface area contributed by atoms with Gasteiger partial charge in [0.05, 0.1) is 6.54 Å². The van der Waals surface area contributed by atoms with E-state index in [1.807, 2.05) is 0 Å². The normalized spacial score (nSPS) is 10.7. The van der Waals surface area contributed by atoms with Gasteiger partial charge in [-0.3, -0.25) is 14.3 Å². The van der Waals surface area contributed by atoms with Gasteiger partial charge >= 0.3 is 5.69 Å². The summed E-state index contributed by atoms with van der Waals surface area (Å²) in [6.07, 6.45) is 1.36. The van der Waals surface area contributed by atoms with Gasteiger partial charge in [-0.15, -0.1) is 0 Å². The highest BCUT2D eigenvalue weighted by molar-refractivity contribution is 5.67. The Bertz CT molecular complexity index is 863. The van der Waals surface area contributed by atoms with Crippen LogP contribution in [-0.2, 0) is 6.54 Å². The standard InChI is InChI=1S/C14H11N3O4/c18-12-11(9-4-2-1-3-5-9)13(19)17(14(20)15-12)8-10-6-7-21-16-10/h1-7,19H,8H2,(H,15,18,20). The number of H-pyrrole nitrogens is 1. The summed E-state index contributed by atoms with van der Waals surface area (Å²) in [5.41, 5.74) is -0.331. The van der Waals surface area contributed by atoms with Crippen LogP contribution in [0, 0.1) is 0 Å². The van der Waals surface area contributed by atoms with Crippen LogP contribution in [-0.4, -0.2) is 19.8 Å². The van der Waals surface area contributed by atoms with E-state index in [2.05, 4.69) is 14.7 Å². The van der Waals surface area contributed by atoms with E-state index in [1.54, 1.807) is 36.4 Å². The van der Waals surface area contributed by atoms with E-state index in [1.165, 1.54) is 6.26 Å². The molecule has 2 heterocycles. The number of nitrogens with zero attached hydrogens (tertiary/aromatic N) is 2. The highest BCUT2D eigenvalue weighted by Gasteiger charge is 2.16. The fourth-order valence-electron chi connectivity index (χ4n) is 2.05. The minimum atomic E-state index is -0.708. The van der Waals surface area contributed by atoms with Gasteiger partial charge in [-0.2, -0.15) is 0 Å². The molecule has 0 atom stereocenters. The second-order valence-corrected chi connectivity index (χ2v) is 4.40. The van der Waals surface area contributed by atoms with Crippen LogP contribution in [0.1, 0.15) is 5.69 Å². The maximum Gasteiger partial charge on any atom is 0.331 e. The van der Waals surface area contributed by atoms with E-state index in [-0.39, 0.29) is 12.1 Å². The molecule has 3 rings (SSSR count). The summed E-state index contributed by atoms with van der Waals surface area (Å²) in [5.74, 6) is -0.405. The molecule has 0 unspecified atom stereocenters. The average molecular weight is 285 g/mol. The maximum atomic E-state index is 12.0. The topological polar surface area (TPSA) is 101 Å². The zero-order valence-electron chi connectivity index (χ0n) is 10.8. The predicted octanol–water partition coefficient (Wildman–Crippen LogP) is 0.946. The molecule has 2 N–H and O–H groups in total. The first-order valence-corrected chi connectivity index (χ1v) is 6.17. The Hall–Kier alpha value is -3.09. The highest BCUT2D eigenvalue weighted by Crippen LogP contribution is 2.23. The molecule has 3 aromatic rings. The van der Waals surface area contributed by atoms with Gasteiger partial charge in [-0.1, -0.05) is 35.5 Å². The van der Waals surface area contributed by atoms with Crippen LogP contribution in [0.15, 0.2) is 56.8 Å². The summed E-state index contributed by atoms with van der Waals surface area (Å²) >= 11 is 0. The Morgan fingerprint density at radius 1 is 1.19 bits per heavy atom. The third-order valence-electron chi connectivity index (χ3n) is 3.05. The third kappa shape index (κ3) is 2.36. The number of aromatic nitrogens is 3. The summed E-state index contributed by atoms with van der Waals surface area (Å²) in [6, 6.07) is 10.2. The van der Waals surface area contributed by atoms with Gasteiger partial charge in [0.25, 0.3) is 5.56 Å². The number of aromatic hydroxyl groups is 1. The van der Waals surface area contributed by atoms with E-state index in [4.69, 9.17) is 0 Å². The SMILES string of the molecule is O=c1[nH]c(=O)n(Cc2ccon2)c(O)c1-c1ccccc1. The molecule has 0 saturated carbocycles. The second-order valence-electron chi connectivity index (χ2n) is 4.40. The minimum Gasteiger partial charge on any atom is -0.494 e. The number of rotatable bonds is 3. The summed E-state index contributed by atoms with van der Waals surface area (Å²) in [4.78, 5) is 26.0. The Kier molecular flexibility index (Phi) is 3.15. The Morgan fingerprint density at radius 2 is 1.95 bits per heavy atom. The molecule has 1 aromatic carbocycles. The Balaban J connectivity index is 2.18. The summed E-state index contributed by atoms with van der Waals surface area (Å²) in [6.45, 7) is -0.00220. The van der Waals surface area contributed by atoms with Crippen molar-refractivity contribution in [1.82, 2.24) is 14.7 Å². The molecular formula is C14H11N3O4. The molecule has 0 aliphatic heterocycles. The van der Waals surface area contributed by atoms with Crippen LogP contribution in [0.5, 0.6) is 5.88 Å². The van der Waals surface area contributed by atoms with Gasteiger partial charge in [0.15, 0.2) is 0 Å². The summed E-state index contributed by atoms with van der Waals surface area (Å²) in [7, 11) is 0. The smallest absolute Gasteiger partial charge is 0.331 e. The molecule has 0 amide bonds. The molecule has 7 nitrogen and oxygen atoms in total. The molecule has 0 saturated heterocycles. The van der Waals surface area contributed by atoms with Crippen molar-refractivity contribution in [1.29, 1.82) is 0 Å². The molecule has 21 heavy (non-hydrogen) atoms. The number of benzene rings is 1. The van der Waals surface area contributed by atoms with Gasteiger partial charge < -0.3 is 9.63 Å². The lowest BCUT2D eigenvalue weighted by Gasteiger charge is -2.10. The summed E-state index contributed by atoms with van der Waals surface area (Å²) in [5, 5.41) is 14.0. The Morgan fingerprint density at radius 3 is 2.62 bits per heavy atom. The van der Waals surface area contributed by atoms with Crippen LogP contribution in [0.25, 0.3) is 11.1 Å². The second kappa shape index (κ2) is 5.12. The largest absolute Gasteiger partial charge is 0.494 e. The van der Waals surface area contributed by atoms with Crippen LogP contribution >= 0.6 is 0 Å². The maximum absolute atomic E-state index is 12.0. The number of nitrogens with one attached hydrogen (secondary N) is 1. The molecule has 0 aliphatic rings. The van der Waals surface area contributed by atoms with E-state index >= 15 is 0 Å². The molecule has 106 valence electrons. The lowest BCUT2D eigenvalue weighted by molar-refractivity contribution is 0.392. The van der Waals surface area contributed by atoms with Crippen molar-refractivity contribution in [3.8, 4) is 17.0 Å². The summed E-state index contributed by atoms with van der Waals surface area (Å²) < 4.78 is 5.72. The van der Waals surface area contributed by atoms with E-state index in [0.29, 0.717) is 11.3 Å². The first-order valence-electron chi connectivity index (χ1n) is 6.17. The molecule has 0 fully saturated rings. The van der Waals surface area contributed by atoms with Crippen LogP contribution in [0.2, 0.25) is 0 Å². The van der Waals surface area contributed by atoms with Crippen molar-refractivity contribution in [2.75, 3.05) is 0 Å². The fraction of sp³-hybridized carbons (Fsp3) is 0.0714. The van der Waals surface area contributed by atoms with E-state index < -0.39 is 17.1 Å². The van der Waals surface area contributed by atoms with Crippen molar-refractivity contribution in [3.05, 3.63) is 69.2 Å². The number of hydrogen-bond acceptors (Lipinski definition) is 5. The molecule has 2 aromatic heterocycles. The van der Waals surface area contributed by atoms with E-state index in [9.17, 15) is 14.7 Å². The third-order valence-corrected chi connectivity index (χ3v) is 3.05. The van der Waals surface area contributed by atoms with Crippen LogP contribution in [0.4, 0.5) is 0 Å². The molecule has 7 heteroatoms. The molecule has 0 bridgehead atoms. The van der Waals surface area contributed by atoms with Crippen LogP contribution in [0.3, 0.4) is 0 Å². The van der Waals surface area contributed by atoms with Crippen LogP contribution < -0.4 is 11.2 Å². The zero-order chi connectivity index (χ0) is 14.8. The molecular weight excluding hydrogens is 274 g/mol. The minimum absolute atomic E-state index is 0.00220. The number of hydrogen-bond donors (Lipinski definition) is 2. The van der Waals surface area contributed by atoms with Gasteiger partial charge in [-0.25, -0.2) is 4.79 Å². The lowest BCUT2D eigenvalue weighted by Crippen LogP contribution is -2.31. The Labute approximate surface area is 118 Å². The lowest BCUT2D eigenvalue weighted by atomic mass is 10.1. The zero-order valence-corrected chi connectivity index (χ0v) is 10.8. The quantitative estimate of drug-likeness (QED) is 0.746. The first kappa shape index (κ1) is 12.9.